The fraction of sp³-hybridized carbons (Fsp3) is 0.250. The molecule has 0 aliphatic carbocycles. The van der Waals surface area contributed by atoms with Gasteiger partial charge in [-0.3, -0.25) is 0 Å². The van der Waals surface area contributed by atoms with E-state index in [1.807, 2.05) is 0 Å². The molecule has 0 radical (unpaired) electrons. The summed E-state index contributed by atoms with van der Waals surface area (Å²) in [6.07, 6.45) is 0. The number of hydrogen-bond donors (Lipinski definition) is 0. The van der Waals surface area contributed by atoms with Crippen LogP contribution in [0.5, 0.6) is 0 Å². The minimum atomic E-state index is -0.726. The van der Waals surface area contributed by atoms with Crippen LogP contribution >= 0.6 is 0 Å². The van der Waals surface area contributed by atoms with Gasteiger partial charge < -0.3 is 0 Å². The van der Waals surface area contributed by atoms with Gasteiger partial charge in [0.15, 0.2) is 0 Å². The summed E-state index contributed by atoms with van der Waals surface area (Å²) in [5, 5.41) is 7.75. The maximum absolute atomic E-state index is 11.1. The van der Waals surface area contributed by atoms with Crippen molar-refractivity contribution in [2.24, 2.45) is 0 Å². The number of nitriles is 1. The van der Waals surface area contributed by atoms with Crippen LogP contribution in [0.25, 0.3) is 0 Å². The minimum absolute atomic E-state index is 0.0185. The maximum Gasteiger partial charge on any atom is 0.124 e. The molecule has 0 aromatic heterocycles. The van der Waals surface area contributed by atoms with Crippen LogP contribution in [0.1, 0.15) is 0 Å². The Labute approximate surface area is 35.7 Å². The highest BCUT2D eigenvalue weighted by atomic mass is 19.1. The van der Waals surface area contributed by atoms with Crippen LogP contribution in [0.3, 0.4) is 0 Å². The second kappa shape index (κ2) is 2.40. The van der Waals surface area contributed by atoms with Gasteiger partial charge in [-0.15, -0.1) is 0 Å². The molecule has 0 amide bonds. The van der Waals surface area contributed by atoms with E-state index in [-0.39, 0.29) is 5.57 Å². The first-order valence-corrected chi connectivity index (χ1v) is 1.45. The van der Waals surface area contributed by atoms with Crippen molar-refractivity contribution in [1.82, 2.24) is 0 Å². The topological polar surface area (TPSA) is 23.8 Å². The third-order valence-corrected chi connectivity index (χ3v) is 0.319. The predicted molar refractivity (Wildman–Crippen MR) is 20.7 cm³/mol. The van der Waals surface area contributed by atoms with Crippen molar-refractivity contribution in [2.75, 3.05) is 6.67 Å². The number of rotatable bonds is 1. The standard InChI is InChI=1S/C4H4FN/c1-4(2-5)3-6/h1-2H2. The van der Waals surface area contributed by atoms with Crippen LogP contribution in [0.2, 0.25) is 0 Å². The van der Waals surface area contributed by atoms with Gasteiger partial charge >= 0.3 is 0 Å². The van der Waals surface area contributed by atoms with Crippen LogP contribution in [-0.2, 0) is 0 Å². The Hall–Kier alpha value is -0.840. The molecule has 32 valence electrons. The average molecular weight is 85.1 g/mol. The van der Waals surface area contributed by atoms with Gasteiger partial charge in [-0.05, 0) is 0 Å². The monoisotopic (exact) mass is 85.0 g/mol. The quantitative estimate of drug-likeness (QED) is 0.436. The molecule has 0 aromatic carbocycles. The normalized spacial score (nSPS) is 6.67. The lowest BCUT2D eigenvalue weighted by atomic mass is 10.4. The van der Waals surface area contributed by atoms with Gasteiger partial charge in [0.1, 0.15) is 6.67 Å². The van der Waals surface area contributed by atoms with Gasteiger partial charge in [0, 0.05) is 0 Å². The van der Waals surface area contributed by atoms with Crippen molar-refractivity contribution < 1.29 is 4.39 Å². The largest absolute Gasteiger partial charge is 0.245 e. The van der Waals surface area contributed by atoms with E-state index in [0.29, 0.717) is 0 Å². The van der Waals surface area contributed by atoms with E-state index in [1.165, 1.54) is 0 Å². The number of allylic oxidation sites excluding steroid dienone is 1. The number of nitrogens with zero attached hydrogens (tertiary/aromatic N) is 1. The molecular weight excluding hydrogens is 81.0 g/mol. The molecule has 0 saturated heterocycles. The van der Waals surface area contributed by atoms with Crippen LogP contribution in [0, 0.1) is 11.3 Å². The molecule has 0 spiro atoms. The molecule has 0 rings (SSSR count). The smallest absolute Gasteiger partial charge is 0.124 e. The van der Waals surface area contributed by atoms with Crippen molar-refractivity contribution in [3.63, 3.8) is 0 Å². The fourth-order valence-electron chi connectivity index (χ4n) is 0.0299. The molecule has 0 aromatic rings. The summed E-state index contributed by atoms with van der Waals surface area (Å²) in [6, 6.07) is 1.55. The lowest BCUT2D eigenvalue weighted by molar-refractivity contribution is 0.552. The van der Waals surface area contributed by atoms with E-state index < -0.39 is 6.67 Å². The summed E-state index contributed by atoms with van der Waals surface area (Å²) in [7, 11) is 0. The molecule has 0 N–H and O–H groups in total. The molecule has 0 bridgehead atoms. The van der Waals surface area contributed by atoms with Crippen molar-refractivity contribution in [1.29, 1.82) is 5.26 Å². The fourth-order valence-corrected chi connectivity index (χ4v) is 0.0299. The van der Waals surface area contributed by atoms with Crippen LogP contribution in [-0.4, -0.2) is 6.67 Å². The van der Waals surface area contributed by atoms with E-state index in [0.717, 1.165) is 0 Å². The Morgan fingerprint density at radius 3 is 2.50 bits per heavy atom. The first kappa shape index (κ1) is 5.16. The van der Waals surface area contributed by atoms with E-state index >= 15 is 0 Å². The van der Waals surface area contributed by atoms with Crippen molar-refractivity contribution in [3.8, 4) is 6.07 Å². The third-order valence-electron chi connectivity index (χ3n) is 0.319. The molecule has 0 unspecified atom stereocenters. The summed E-state index contributed by atoms with van der Waals surface area (Å²) in [5.74, 6) is 0. The molecule has 2 heteroatoms. The summed E-state index contributed by atoms with van der Waals surface area (Å²) >= 11 is 0. The summed E-state index contributed by atoms with van der Waals surface area (Å²) in [4.78, 5) is 0. The van der Waals surface area contributed by atoms with Crippen LogP contribution < -0.4 is 0 Å². The van der Waals surface area contributed by atoms with Crippen molar-refractivity contribution >= 4 is 0 Å². The Morgan fingerprint density at radius 2 is 2.50 bits per heavy atom. The highest BCUT2D eigenvalue weighted by molar-refractivity contribution is 5.15. The van der Waals surface area contributed by atoms with Gasteiger partial charge in [0.2, 0.25) is 0 Å². The Balaban J connectivity index is 3.33. The number of alkyl halides is 1. The number of halogens is 1. The second-order valence-corrected chi connectivity index (χ2v) is 0.849. The first-order valence-electron chi connectivity index (χ1n) is 1.45. The summed E-state index contributed by atoms with van der Waals surface area (Å²) in [5.41, 5.74) is -0.0185. The zero-order chi connectivity index (χ0) is 4.99. The molecular formula is C4H4FN. The highest BCUT2D eigenvalue weighted by Gasteiger charge is 1.81. The minimum Gasteiger partial charge on any atom is -0.245 e. The maximum atomic E-state index is 11.1. The molecule has 0 saturated carbocycles. The van der Waals surface area contributed by atoms with Gasteiger partial charge in [-0.1, -0.05) is 6.58 Å². The van der Waals surface area contributed by atoms with Gasteiger partial charge in [-0.2, -0.15) is 5.26 Å². The average Bonchev–Trinajstić information content (AvgIpc) is 1.65. The Morgan fingerprint density at radius 1 is 2.00 bits per heavy atom. The van der Waals surface area contributed by atoms with Crippen molar-refractivity contribution in [3.05, 3.63) is 12.2 Å². The molecule has 0 heterocycles. The SMILES string of the molecule is C=C(C#N)CF. The zero-order valence-electron chi connectivity index (χ0n) is 3.24. The number of hydrogen-bond acceptors (Lipinski definition) is 1. The van der Waals surface area contributed by atoms with E-state index in [9.17, 15) is 4.39 Å². The molecule has 0 fully saturated rings. The second-order valence-electron chi connectivity index (χ2n) is 0.849. The molecule has 1 nitrogen and oxygen atoms in total. The summed E-state index contributed by atoms with van der Waals surface area (Å²) in [6.45, 7) is 2.33. The lowest BCUT2D eigenvalue weighted by Crippen LogP contribution is -1.72. The molecule has 0 atom stereocenters. The third kappa shape index (κ3) is 1.48. The van der Waals surface area contributed by atoms with Crippen LogP contribution in [0.4, 0.5) is 4.39 Å². The van der Waals surface area contributed by atoms with E-state index in [4.69, 9.17) is 5.26 Å². The van der Waals surface area contributed by atoms with Gasteiger partial charge in [0.25, 0.3) is 0 Å². The van der Waals surface area contributed by atoms with E-state index in [1.54, 1.807) is 6.07 Å². The molecule has 0 aliphatic heterocycles. The molecule has 0 aliphatic rings. The zero-order valence-corrected chi connectivity index (χ0v) is 3.24. The van der Waals surface area contributed by atoms with Crippen LogP contribution in [0.15, 0.2) is 12.2 Å². The van der Waals surface area contributed by atoms with Gasteiger partial charge in [-0.25, -0.2) is 4.39 Å². The Bertz CT molecular complexity index is 90.2. The predicted octanol–water partition coefficient (Wildman–Crippen LogP) is 1.04. The summed E-state index contributed by atoms with van der Waals surface area (Å²) < 4.78 is 11.1. The van der Waals surface area contributed by atoms with E-state index in [2.05, 4.69) is 6.58 Å². The first-order chi connectivity index (χ1) is 2.81. The lowest BCUT2D eigenvalue weighted by Gasteiger charge is -1.72. The van der Waals surface area contributed by atoms with Gasteiger partial charge in [0.05, 0.1) is 11.6 Å². The highest BCUT2D eigenvalue weighted by Crippen LogP contribution is 1.83. The molecule has 6 heavy (non-hydrogen) atoms. The Kier molecular flexibility index (Phi) is 2.06. The van der Waals surface area contributed by atoms with Crippen molar-refractivity contribution in [2.45, 2.75) is 0 Å².